The van der Waals surface area contributed by atoms with Crippen molar-refractivity contribution >= 4 is 16.5 Å². The van der Waals surface area contributed by atoms with E-state index in [0.29, 0.717) is 0 Å². The maximum Gasteiger partial charge on any atom is 0.185 e. The molecule has 3 nitrogen and oxygen atoms in total. The lowest BCUT2D eigenvalue weighted by atomic mass is 9.85. The lowest BCUT2D eigenvalue weighted by molar-refractivity contribution is 0.318. The molecular weight excluding hydrogens is 230 g/mol. The predicted octanol–water partition coefficient (Wildman–Crippen LogP) is 2.88. The number of hydrogen-bond acceptors (Lipinski definition) is 4. The largest absolute Gasteiger partial charge is 0.348 e. The summed E-state index contributed by atoms with van der Waals surface area (Å²) in [5, 5.41) is 4.55. The van der Waals surface area contributed by atoms with Crippen molar-refractivity contribution in [3.8, 4) is 0 Å². The highest BCUT2D eigenvalue weighted by Crippen LogP contribution is 2.30. The quantitative estimate of drug-likeness (QED) is 0.810. The van der Waals surface area contributed by atoms with E-state index in [0.717, 1.165) is 25.6 Å². The van der Waals surface area contributed by atoms with Gasteiger partial charge in [0.2, 0.25) is 0 Å². The minimum atomic E-state index is 0.913. The molecule has 1 heterocycles. The SMILES string of the molecule is CCNCc1cnc(N(CC)CC2CCC2)s1. The highest BCUT2D eigenvalue weighted by Gasteiger charge is 2.21. The average Bonchev–Trinajstić information content (AvgIpc) is 2.74. The van der Waals surface area contributed by atoms with Crippen LogP contribution in [-0.2, 0) is 6.54 Å². The molecule has 1 aliphatic carbocycles. The first-order valence-corrected chi connectivity index (χ1v) is 7.55. The second-order valence-electron chi connectivity index (χ2n) is 4.73. The van der Waals surface area contributed by atoms with Crippen LogP contribution in [0.15, 0.2) is 6.20 Å². The third-order valence-corrected chi connectivity index (χ3v) is 4.50. The Labute approximate surface area is 108 Å². The molecule has 0 radical (unpaired) electrons. The molecule has 2 rings (SSSR count). The van der Waals surface area contributed by atoms with Crippen LogP contribution in [0.4, 0.5) is 5.13 Å². The molecule has 96 valence electrons. The van der Waals surface area contributed by atoms with Crippen molar-refractivity contribution in [3.63, 3.8) is 0 Å². The van der Waals surface area contributed by atoms with E-state index in [1.54, 1.807) is 0 Å². The molecule has 0 amide bonds. The Balaban J connectivity index is 1.90. The number of hydrogen-bond donors (Lipinski definition) is 1. The predicted molar refractivity (Wildman–Crippen MR) is 74.7 cm³/mol. The van der Waals surface area contributed by atoms with Crippen molar-refractivity contribution in [1.29, 1.82) is 0 Å². The zero-order valence-corrected chi connectivity index (χ0v) is 11.7. The first-order chi connectivity index (χ1) is 8.33. The number of anilines is 1. The molecule has 0 saturated heterocycles. The summed E-state index contributed by atoms with van der Waals surface area (Å²) >= 11 is 1.83. The number of nitrogens with zero attached hydrogens (tertiary/aromatic N) is 2. The highest BCUT2D eigenvalue weighted by molar-refractivity contribution is 7.15. The molecule has 17 heavy (non-hydrogen) atoms. The summed E-state index contributed by atoms with van der Waals surface area (Å²) in [6.45, 7) is 8.61. The second-order valence-corrected chi connectivity index (χ2v) is 5.82. The Bertz CT molecular complexity index is 333. The van der Waals surface area contributed by atoms with Crippen molar-refractivity contribution < 1.29 is 0 Å². The lowest BCUT2D eigenvalue weighted by Gasteiger charge is -2.31. The Morgan fingerprint density at radius 3 is 2.88 bits per heavy atom. The van der Waals surface area contributed by atoms with E-state index in [1.165, 1.54) is 35.8 Å². The summed E-state index contributed by atoms with van der Waals surface area (Å²) in [4.78, 5) is 8.33. The van der Waals surface area contributed by atoms with Crippen LogP contribution in [0.5, 0.6) is 0 Å². The van der Waals surface area contributed by atoms with Gasteiger partial charge in [-0.05, 0) is 32.2 Å². The molecule has 1 N–H and O–H groups in total. The fourth-order valence-electron chi connectivity index (χ4n) is 2.10. The minimum Gasteiger partial charge on any atom is -0.348 e. The van der Waals surface area contributed by atoms with Crippen LogP contribution in [0.3, 0.4) is 0 Å². The number of thiazole rings is 1. The maximum absolute atomic E-state index is 4.56. The summed E-state index contributed by atoms with van der Waals surface area (Å²) in [6, 6.07) is 0. The van der Waals surface area contributed by atoms with Crippen LogP contribution in [0, 0.1) is 5.92 Å². The molecule has 1 aliphatic rings. The molecule has 0 aliphatic heterocycles. The van der Waals surface area contributed by atoms with Crippen molar-refractivity contribution in [2.75, 3.05) is 24.5 Å². The molecule has 4 heteroatoms. The summed E-state index contributed by atoms with van der Waals surface area (Å²) in [6.07, 6.45) is 6.26. The van der Waals surface area contributed by atoms with Crippen LogP contribution >= 0.6 is 11.3 Å². The van der Waals surface area contributed by atoms with E-state index >= 15 is 0 Å². The van der Waals surface area contributed by atoms with Crippen molar-refractivity contribution in [2.45, 2.75) is 39.7 Å². The van der Waals surface area contributed by atoms with Crippen LogP contribution in [0.25, 0.3) is 0 Å². The van der Waals surface area contributed by atoms with Gasteiger partial charge in [0.15, 0.2) is 5.13 Å². The highest BCUT2D eigenvalue weighted by atomic mass is 32.1. The first-order valence-electron chi connectivity index (χ1n) is 6.73. The summed E-state index contributed by atoms with van der Waals surface area (Å²) in [5.74, 6) is 0.913. The van der Waals surface area contributed by atoms with Crippen LogP contribution in [-0.4, -0.2) is 24.6 Å². The van der Waals surface area contributed by atoms with Gasteiger partial charge in [0.1, 0.15) is 0 Å². The minimum absolute atomic E-state index is 0.913. The van der Waals surface area contributed by atoms with Gasteiger partial charge in [0, 0.05) is 30.7 Å². The van der Waals surface area contributed by atoms with Crippen LogP contribution < -0.4 is 10.2 Å². The third kappa shape index (κ3) is 3.42. The zero-order valence-electron chi connectivity index (χ0n) is 10.9. The van der Waals surface area contributed by atoms with Gasteiger partial charge in [-0.2, -0.15) is 0 Å². The summed E-state index contributed by atoms with van der Waals surface area (Å²) in [5.41, 5.74) is 0. The van der Waals surface area contributed by atoms with E-state index in [1.807, 2.05) is 17.5 Å². The monoisotopic (exact) mass is 253 g/mol. The van der Waals surface area contributed by atoms with Crippen LogP contribution in [0.2, 0.25) is 0 Å². The van der Waals surface area contributed by atoms with E-state index < -0.39 is 0 Å². The Morgan fingerprint density at radius 1 is 1.47 bits per heavy atom. The molecule has 0 aromatic carbocycles. The Kier molecular flexibility index (Phi) is 4.80. The number of nitrogens with one attached hydrogen (secondary N) is 1. The first kappa shape index (κ1) is 12.8. The Hall–Kier alpha value is -0.610. The standard InChI is InChI=1S/C13H23N3S/c1-3-14-8-12-9-15-13(17-12)16(4-2)10-11-6-5-7-11/h9,11,14H,3-8,10H2,1-2H3. The lowest BCUT2D eigenvalue weighted by Crippen LogP contribution is -2.32. The van der Waals surface area contributed by atoms with Crippen LogP contribution in [0.1, 0.15) is 38.0 Å². The fraction of sp³-hybridized carbons (Fsp3) is 0.769. The van der Waals surface area contributed by atoms with Gasteiger partial charge in [-0.1, -0.05) is 13.3 Å². The summed E-state index contributed by atoms with van der Waals surface area (Å²) in [7, 11) is 0. The normalized spacial score (nSPS) is 15.9. The molecule has 0 unspecified atom stereocenters. The van der Waals surface area contributed by atoms with E-state index in [-0.39, 0.29) is 0 Å². The van der Waals surface area contributed by atoms with Gasteiger partial charge < -0.3 is 10.2 Å². The summed E-state index contributed by atoms with van der Waals surface area (Å²) < 4.78 is 0. The molecule has 1 aromatic rings. The van der Waals surface area contributed by atoms with E-state index in [9.17, 15) is 0 Å². The van der Waals surface area contributed by atoms with E-state index in [2.05, 4.69) is 29.0 Å². The zero-order chi connectivity index (χ0) is 12.1. The topological polar surface area (TPSA) is 28.2 Å². The molecule has 0 bridgehead atoms. The number of aromatic nitrogens is 1. The van der Waals surface area contributed by atoms with Crippen molar-refractivity contribution in [2.24, 2.45) is 5.92 Å². The molecule has 1 saturated carbocycles. The van der Waals surface area contributed by atoms with Gasteiger partial charge in [-0.15, -0.1) is 11.3 Å². The molecule has 1 aromatic heterocycles. The van der Waals surface area contributed by atoms with Gasteiger partial charge in [0.25, 0.3) is 0 Å². The van der Waals surface area contributed by atoms with E-state index in [4.69, 9.17) is 0 Å². The fourth-order valence-corrected chi connectivity index (χ4v) is 3.06. The molecule has 0 spiro atoms. The van der Waals surface area contributed by atoms with Crippen molar-refractivity contribution in [1.82, 2.24) is 10.3 Å². The smallest absolute Gasteiger partial charge is 0.185 e. The van der Waals surface area contributed by atoms with Gasteiger partial charge >= 0.3 is 0 Å². The molecule has 0 atom stereocenters. The third-order valence-electron chi connectivity index (χ3n) is 3.45. The molecular formula is C13H23N3S. The maximum atomic E-state index is 4.56. The molecule has 1 fully saturated rings. The average molecular weight is 253 g/mol. The number of rotatable bonds is 7. The van der Waals surface area contributed by atoms with Gasteiger partial charge in [-0.25, -0.2) is 4.98 Å². The Morgan fingerprint density at radius 2 is 2.29 bits per heavy atom. The van der Waals surface area contributed by atoms with Crippen molar-refractivity contribution in [3.05, 3.63) is 11.1 Å². The van der Waals surface area contributed by atoms with Gasteiger partial charge in [-0.3, -0.25) is 0 Å². The van der Waals surface area contributed by atoms with Gasteiger partial charge in [0.05, 0.1) is 0 Å². The second kappa shape index (κ2) is 6.36.